The van der Waals surface area contributed by atoms with Crippen LogP contribution in [0.15, 0.2) is 53.3 Å². The van der Waals surface area contributed by atoms with Crippen LogP contribution in [0.4, 0.5) is 4.39 Å². The van der Waals surface area contributed by atoms with Crippen LogP contribution in [0.25, 0.3) is 16.7 Å². The van der Waals surface area contributed by atoms with Crippen molar-refractivity contribution < 1.29 is 9.12 Å². The molecule has 1 heterocycles. The van der Waals surface area contributed by atoms with E-state index >= 15 is 0 Å². The van der Waals surface area contributed by atoms with Crippen molar-refractivity contribution >= 4 is 11.0 Å². The van der Waals surface area contributed by atoms with Crippen LogP contribution in [0.5, 0.6) is 0 Å². The Morgan fingerprint density at radius 1 is 1.19 bits per heavy atom. The lowest BCUT2D eigenvalue weighted by Gasteiger charge is -2.13. The molecule has 0 saturated carbocycles. The lowest BCUT2D eigenvalue weighted by atomic mass is 10.2. The third-order valence-corrected chi connectivity index (χ3v) is 3.44. The van der Waals surface area contributed by atoms with E-state index in [0.29, 0.717) is 16.8 Å². The smallest absolute Gasteiger partial charge is 0.324 e. The molecule has 4 nitrogen and oxygen atoms in total. The molecule has 0 saturated heterocycles. The van der Waals surface area contributed by atoms with Crippen molar-refractivity contribution in [3.63, 3.8) is 0 Å². The monoisotopic (exact) mass is 284 g/mol. The largest absolute Gasteiger partial charge is 0.618 e. The molecule has 0 aliphatic carbocycles. The van der Waals surface area contributed by atoms with Gasteiger partial charge in [0, 0.05) is 24.2 Å². The molecule has 0 spiro atoms. The van der Waals surface area contributed by atoms with Crippen LogP contribution in [0, 0.1) is 11.0 Å². The molecule has 0 bridgehead atoms. The first-order chi connectivity index (χ1) is 10.1. The van der Waals surface area contributed by atoms with Crippen molar-refractivity contribution in [3.8, 4) is 5.69 Å². The van der Waals surface area contributed by atoms with Crippen molar-refractivity contribution in [2.24, 2.45) is 0 Å². The summed E-state index contributed by atoms with van der Waals surface area (Å²) in [6.45, 7) is 1.75. The first-order valence-electron chi connectivity index (χ1n) is 6.65. The summed E-state index contributed by atoms with van der Waals surface area (Å²) in [7, 11) is 0. The topological polar surface area (TPSA) is 48.9 Å². The molecule has 0 fully saturated rings. The van der Waals surface area contributed by atoms with Gasteiger partial charge < -0.3 is 5.21 Å². The zero-order valence-electron chi connectivity index (χ0n) is 11.4. The van der Waals surface area contributed by atoms with Gasteiger partial charge >= 0.3 is 5.56 Å². The van der Waals surface area contributed by atoms with Gasteiger partial charge in [0.2, 0.25) is 5.52 Å². The predicted octanol–water partition coefficient (Wildman–Crippen LogP) is 2.33. The van der Waals surface area contributed by atoms with E-state index < -0.39 is 11.4 Å². The molecule has 0 aliphatic rings. The SMILES string of the molecule is CCc1c(=O)n(-c2ccccc2)c2cc(F)ccc2[n+]1[O-]. The van der Waals surface area contributed by atoms with E-state index in [2.05, 4.69) is 0 Å². The molecule has 5 heteroatoms. The number of fused-ring (bicyclic) bond motifs is 1. The Bertz CT molecular complexity index is 873. The van der Waals surface area contributed by atoms with Gasteiger partial charge in [-0.3, -0.25) is 9.36 Å². The van der Waals surface area contributed by atoms with Gasteiger partial charge in [0.25, 0.3) is 5.69 Å². The van der Waals surface area contributed by atoms with Crippen molar-refractivity contribution in [1.82, 2.24) is 4.57 Å². The zero-order valence-corrected chi connectivity index (χ0v) is 11.4. The summed E-state index contributed by atoms with van der Waals surface area (Å²) in [5.74, 6) is -0.490. The van der Waals surface area contributed by atoms with Gasteiger partial charge in [-0.1, -0.05) is 25.1 Å². The number of aromatic nitrogens is 2. The molecule has 0 N–H and O–H groups in total. The van der Waals surface area contributed by atoms with Crippen molar-refractivity contribution in [2.45, 2.75) is 13.3 Å². The number of nitrogens with zero attached hydrogens (tertiary/aromatic N) is 2. The number of benzene rings is 2. The molecule has 2 aromatic carbocycles. The summed E-state index contributed by atoms with van der Waals surface area (Å²) >= 11 is 0. The van der Waals surface area contributed by atoms with Gasteiger partial charge in [0.05, 0.1) is 0 Å². The van der Waals surface area contributed by atoms with Gasteiger partial charge in [0.1, 0.15) is 11.3 Å². The summed E-state index contributed by atoms with van der Waals surface area (Å²) in [4.78, 5) is 12.6. The van der Waals surface area contributed by atoms with Crippen LogP contribution < -0.4 is 10.3 Å². The molecular formula is C16H13FN2O2. The highest BCUT2D eigenvalue weighted by Gasteiger charge is 2.20. The molecule has 21 heavy (non-hydrogen) atoms. The minimum Gasteiger partial charge on any atom is -0.618 e. The second kappa shape index (κ2) is 5.01. The normalized spacial score (nSPS) is 11.0. The lowest BCUT2D eigenvalue weighted by Crippen LogP contribution is -2.43. The van der Waals surface area contributed by atoms with E-state index in [-0.39, 0.29) is 16.7 Å². The summed E-state index contributed by atoms with van der Waals surface area (Å²) < 4.78 is 15.5. The van der Waals surface area contributed by atoms with Gasteiger partial charge in [-0.05, 0) is 18.2 Å². The molecule has 0 amide bonds. The summed E-state index contributed by atoms with van der Waals surface area (Å²) in [5.41, 5.74) is 0.860. The van der Waals surface area contributed by atoms with E-state index in [1.807, 2.05) is 6.07 Å². The van der Waals surface area contributed by atoms with Crippen LogP contribution >= 0.6 is 0 Å². The Morgan fingerprint density at radius 2 is 1.90 bits per heavy atom. The van der Waals surface area contributed by atoms with Crippen molar-refractivity contribution in [2.75, 3.05) is 0 Å². The maximum Gasteiger partial charge on any atom is 0.324 e. The Hall–Kier alpha value is -2.69. The number of hydrogen-bond donors (Lipinski definition) is 0. The molecule has 1 aromatic heterocycles. The van der Waals surface area contributed by atoms with Crippen LogP contribution in [0.1, 0.15) is 12.6 Å². The standard InChI is InChI=1S/C16H13FN2O2/c1-2-13-16(20)18(12-6-4-3-5-7-12)15-10-11(17)8-9-14(15)19(13)21/h3-10H,2H2,1H3. The second-order valence-electron chi connectivity index (χ2n) is 4.70. The average molecular weight is 284 g/mol. The Balaban J connectivity index is 2.53. The van der Waals surface area contributed by atoms with E-state index in [1.54, 1.807) is 31.2 Å². The highest BCUT2D eigenvalue weighted by Crippen LogP contribution is 2.16. The summed E-state index contributed by atoms with van der Waals surface area (Å²) in [6.07, 6.45) is 0.308. The first kappa shape index (κ1) is 13.3. The number of halogens is 1. The van der Waals surface area contributed by atoms with Crippen LogP contribution in [-0.4, -0.2) is 4.57 Å². The average Bonchev–Trinajstić information content (AvgIpc) is 2.48. The number of rotatable bonds is 2. The Kier molecular flexibility index (Phi) is 3.17. The summed E-state index contributed by atoms with van der Waals surface area (Å²) in [5, 5.41) is 12.3. The number of para-hydroxylation sites is 1. The van der Waals surface area contributed by atoms with E-state index in [4.69, 9.17) is 0 Å². The highest BCUT2D eigenvalue weighted by molar-refractivity contribution is 5.74. The molecule has 0 radical (unpaired) electrons. The fourth-order valence-corrected chi connectivity index (χ4v) is 2.45. The van der Waals surface area contributed by atoms with Gasteiger partial charge in [-0.25, -0.2) is 4.39 Å². The van der Waals surface area contributed by atoms with E-state index in [1.165, 1.54) is 22.8 Å². The Labute approximate surface area is 120 Å². The molecule has 3 aromatic rings. The molecular weight excluding hydrogens is 271 g/mol. The van der Waals surface area contributed by atoms with E-state index in [9.17, 15) is 14.4 Å². The maximum atomic E-state index is 13.6. The van der Waals surface area contributed by atoms with Gasteiger partial charge in [-0.2, -0.15) is 4.73 Å². The first-order valence-corrected chi connectivity index (χ1v) is 6.65. The van der Waals surface area contributed by atoms with Crippen LogP contribution in [0.3, 0.4) is 0 Å². The number of hydrogen-bond acceptors (Lipinski definition) is 2. The fraction of sp³-hybridized carbons (Fsp3) is 0.125. The third-order valence-electron chi connectivity index (χ3n) is 3.44. The highest BCUT2D eigenvalue weighted by atomic mass is 19.1. The van der Waals surface area contributed by atoms with Gasteiger partial charge in [-0.15, -0.1) is 0 Å². The quantitative estimate of drug-likeness (QED) is 0.535. The second-order valence-corrected chi connectivity index (χ2v) is 4.70. The zero-order chi connectivity index (χ0) is 15.0. The molecule has 106 valence electrons. The van der Waals surface area contributed by atoms with Crippen molar-refractivity contribution in [1.29, 1.82) is 0 Å². The minimum absolute atomic E-state index is 0.137. The molecule has 0 atom stereocenters. The predicted molar refractivity (Wildman–Crippen MR) is 77.8 cm³/mol. The van der Waals surface area contributed by atoms with Gasteiger partial charge in [0.15, 0.2) is 0 Å². The minimum atomic E-state index is -0.490. The molecule has 0 aliphatic heterocycles. The summed E-state index contributed by atoms with van der Waals surface area (Å²) in [6, 6.07) is 12.7. The maximum absolute atomic E-state index is 13.6. The molecule has 0 unspecified atom stereocenters. The lowest BCUT2D eigenvalue weighted by molar-refractivity contribution is -0.587. The van der Waals surface area contributed by atoms with Crippen LogP contribution in [0.2, 0.25) is 0 Å². The molecule has 3 rings (SSSR count). The van der Waals surface area contributed by atoms with Crippen LogP contribution in [-0.2, 0) is 6.42 Å². The van der Waals surface area contributed by atoms with Crippen molar-refractivity contribution in [3.05, 3.63) is 75.6 Å². The Morgan fingerprint density at radius 3 is 2.57 bits per heavy atom. The van der Waals surface area contributed by atoms with E-state index in [0.717, 1.165) is 0 Å². The third kappa shape index (κ3) is 2.07. The fourth-order valence-electron chi connectivity index (χ4n) is 2.45.